The molecular formula is C17H16N2O2. The van der Waals surface area contributed by atoms with Crippen molar-refractivity contribution in [2.24, 2.45) is 0 Å². The molecule has 1 heterocycles. The Balaban J connectivity index is 1.99. The SMILES string of the molecule is CC(Nc1cccc2ncccc12)c1c(O)cccc1O. The topological polar surface area (TPSA) is 65.4 Å². The molecule has 2 aromatic carbocycles. The number of rotatable bonds is 3. The van der Waals surface area contributed by atoms with Crippen LogP contribution in [0.25, 0.3) is 10.9 Å². The van der Waals surface area contributed by atoms with Gasteiger partial charge in [0.25, 0.3) is 0 Å². The summed E-state index contributed by atoms with van der Waals surface area (Å²) in [6.07, 6.45) is 1.75. The first-order valence-electron chi connectivity index (χ1n) is 6.78. The Labute approximate surface area is 122 Å². The summed E-state index contributed by atoms with van der Waals surface area (Å²) >= 11 is 0. The van der Waals surface area contributed by atoms with Gasteiger partial charge >= 0.3 is 0 Å². The van der Waals surface area contributed by atoms with Gasteiger partial charge < -0.3 is 15.5 Å². The minimum absolute atomic E-state index is 0.0772. The minimum Gasteiger partial charge on any atom is -0.507 e. The van der Waals surface area contributed by atoms with Crippen molar-refractivity contribution in [3.63, 3.8) is 0 Å². The number of phenols is 2. The molecule has 0 fully saturated rings. The molecule has 0 saturated carbocycles. The van der Waals surface area contributed by atoms with Crippen molar-refractivity contribution in [2.75, 3.05) is 5.32 Å². The van der Waals surface area contributed by atoms with Gasteiger partial charge in [0.2, 0.25) is 0 Å². The summed E-state index contributed by atoms with van der Waals surface area (Å²) < 4.78 is 0. The Bertz CT molecular complexity index is 761. The standard InChI is InChI=1S/C17H16N2O2/c1-11(17-15(20)8-3-9-16(17)21)19-14-7-2-6-13-12(14)5-4-10-18-13/h2-11,19-21H,1H3. The number of anilines is 1. The summed E-state index contributed by atoms with van der Waals surface area (Å²) in [6, 6.07) is 14.2. The molecule has 21 heavy (non-hydrogen) atoms. The molecule has 4 heteroatoms. The monoisotopic (exact) mass is 280 g/mol. The van der Waals surface area contributed by atoms with Crippen LogP contribution < -0.4 is 5.32 Å². The van der Waals surface area contributed by atoms with E-state index in [0.717, 1.165) is 16.6 Å². The Kier molecular flexibility index (Phi) is 3.36. The van der Waals surface area contributed by atoms with Gasteiger partial charge in [0.05, 0.1) is 17.1 Å². The molecule has 1 aromatic heterocycles. The molecular weight excluding hydrogens is 264 g/mol. The van der Waals surface area contributed by atoms with E-state index in [1.807, 2.05) is 37.3 Å². The highest BCUT2D eigenvalue weighted by atomic mass is 16.3. The number of pyridine rings is 1. The van der Waals surface area contributed by atoms with E-state index >= 15 is 0 Å². The Morgan fingerprint density at radius 2 is 1.67 bits per heavy atom. The van der Waals surface area contributed by atoms with Gasteiger partial charge in [-0.2, -0.15) is 0 Å². The van der Waals surface area contributed by atoms with Crippen LogP contribution in [0.3, 0.4) is 0 Å². The van der Waals surface area contributed by atoms with Crippen LogP contribution in [0.4, 0.5) is 5.69 Å². The fourth-order valence-electron chi connectivity index (χ4n) is 2.52. The Morgan fingerprint density at radius 3 is 2.43 bits per heavy atom. The number of nitrogens with one attached hydrogen (secondary N) is 1. The quantitative estimate of drug-likeness (QED) is 0.682. The molecule has 4 nitrogen and oxygen atoms in total. The molecule has 3 N–H and O–H groups in total. The minimum atomic E-state index is -0.239. The summed E-state index contributed by atoms with van der Waals surface area (Å²) in [5.74, 6) is 0.154. The Hall–Kier alpha value is -2.75. The van der Waals surface area contributed by atoms with Gasteiger partial charge in [-0.3, -0.25) is 4.98 Å². The highest BCUT2D eigenvalue weighted by Gasteiger charge is 2.15. The van der Waals surface area contributed by atoms with E-state index in [1.54, 1.807) is 24.4 Å². The van der Waals surface area contributed by atoms with E-state index in [0.29, 0.717) is 5.56 Å². The average Bonchev–Trinajstić information content (AvgIpc) is 2.47. The number of aromatic hydroxyl groups is 2. The van der Waals surface area contributed by atoms with Crippen molar-refractivity contribution >= 4 is 16.6 Å². The maximum atomic E-state index is 9.94. The number of phenolic OH excluding ortho intramolecular Hbond substituents is 2. The van der Waals surface area contributed by atoms with Crippen LogP contribution in [0.15, 0.2) is 54.7 Å². The molecule has 0 radical (unpaired) electrons. The molecule has 1 atom stereocenters. The third-order valence-electron chi connectivity index (χ3n) is 3.51. The molecule has 0 aliphatic rings. The zero-order valence-electron chi connectivity index (χ0n) is 11.6. The van der Waals surface area contributed by atoms with Crippen LogP contribution in [0.1, 0.15) is 18.5 Å². The highest BCUT2D eigenvalue weighted by Crippen LogP contribution is 2.35. The van der Waals surface area contributed by atoms with Gasteiger partial charge in [0.1, 0.15) is 11.5 Å². The second-order valence-electron chi connectivity index (χ2n) is 4.95. The summed E-state index contributed by atoms with van der Waals surface area (Å²) in [6.45, 7) is 1.89. The summed E-state index contributed by atoms with van der Waals surface area (Å²) in [4.78, 5) is 4.32. The van der Waals surface area contributed by atoms with Gasteiger partial charge in [-0.1, -0.05) is 12.1 Å². The van der Waals surface area contributed by atoms with Crippen molar-refractivity contribution in [2.45, 2.75) is 13.0 Å². The number of fused-ring (bicyclic) bond motifs is 1. The van der Waals surface area contributed by atoms with Crippen molar-refractivity contribution in [1.29, 1.82) is 0 Å². The van der Waals surface area contributed by atoms with E-state index in [4.69, 9.17) is 0 Å². The fraction of sp³-hybridized carbons (Fsp3) is 0.118. The molecule has 0 aliphatic heterocycles. The van der Waals surface area contributed by atoms with Gasteiger partial charge in [-0.15, -0.1) is 0 Å². The van der Waals surface area contributed by atoms with Crippen LogP contribution >= 0.6 is 0 Å². The third kappa shape index (κ3) is 2.48. The van der Waals surface area contributed by atoms with Crippen molar-refractivity contribution < 1.29 is 10.2 Å². The summed E-state index contributed by atoms with van der Waals surface area (Å²) in [5.41, 5.74) is 2.30. The lowest BCUT2D eigenvalue weighted by Gasteiger charge is -2.19. The number of hydrogen-bond acceptors (Lipinski definition) is 4. The number of nitrogens with zero attached hydrogens (tertiary/aromatic N) is 1. The van der Waals surface area contributed by atoms with E-state index in [9.17, 15) is 10.2 Å². The summed E-state index contributed by atoms with van der Waals surface area (Å²) in [5, 5.41) is 24.2. The zero-order valence-corrected chi connectivity index (χ0v) is 11.6. The lowest BCUT2D eigenvalue weighted by atomic mass is 10.0. The number of hydrogen-bond donors (Lipinski definition) is 3. The second kappa shape index (κ2) is 5.32. The maximum absolute atomic E-state index is 9.94. The molecule has 0 bridgehead atoms. The summed E-state index contributed by atoms with van der Waals surface area (Å²) in [7, 11) is 0. The van der Waals surface area contributed by atoms with E-state index in [2.05, 4.69) is 10.3 Å². The first kappa shape index (κ1) is 13.2. The predicted octanol–water partition coefficient (Wildman–Crippen LogP) is 3.82. The molecule has 3 rings (SSSR count). The lowest BCUT2D eigenvalue weighted by Crippen LogP contribution is -2.07. The van der Waals surface area contributed by atoms with Crippen molar-refractivity contribution in [3.8, 4) is 11.5 Å². The molecule has 3 aromatic rings. The number of benzene rings is 2. The van der Waals surface area contributed by atoms with Gasteiger partial charge in [0.15, 0.2) is 0 Å². The third-order valence-corrected chi connectivity index (χ3v) is 3.51. The molecule has 0 spiro atoms. The molecule has 0 aliphatic carbocycles. The largest absolute Gasteiger partial charge is 0.507 e. The van der Waals surface area contributed by atoms with Gasteiger partial charge in [-0.05, 0) is 43.3 Å². The molecule has 0 saturated heterocycles. The smallest absolute Gasteiger partial charge is 0.124 e. The van der Waals surface area contributed by atoms with Crippen LogP contribution in [0, 0.1) is 0 Å². The lowest BCUT2D eigenvalue weighted by molar-refractivity contribution is 0.434. The molecule has 106 valence electrons. The first-order valence-corrected chi connectivity index (χ1v) is 6.78. The van der Waals surface area contributed by atoms with E-state index in [-0.39, 0.29) is 17.5 Å². The van der Waals surface area contributed by atoms with Crippen molar-refractivity contribution in [3.05, 3.63) is 60.3 Å². The van der Waals surface area contributed by atoms with E-state index in [1.165, 1.54) is 0 Å². The van der Waals surface area contributed by atoms with Crippen LogP contribution in [-0.4, -0.2) is 15.2 Å². The first-order chi connectivity index (χ1) is 10.2. The maximum Gasteiger partial charge on any atom is 0.124 e. The van der Waals surface area contributed by atoms with E-state index < -0.39 is 0 Å². The average molecular weight is 280 g/mol. The normalized spacial score (nSPS) is 12.2. The van der Waals surface area contributed by atoms with Gasteiger partial charge in [-0.25, -0.2) is 0 Å². The molecule has 1 unspecified atom stereocenters. The highest BCUT2D eigenvalue weighted by molar-refractivity contribution is 5.91. The van der Waals surface area contributed by atoms with Crippen LogP contribution in [0.5, 0.6) is 11.5 Å². The van der Waals surface area contributed by atoms with Gasteiger partial charge in [0, 0.05) is 17.3 Å². The second-order valence-corrected chi connectivity index (χ2v) is 4.95. The van der Waals surface area contributed by atoms with Crippen LogP contribution in [-0.2, 0) is 0 Å². The predicted molar refractivity (Wildman–Crippen MR) is 83.6 cm³/mol. The fourth-order valence-corrected chi connectivity index (χ4v) is 2.52. The number of aromatic nitrogens is 1. The Morgan fingerprint density at radius 1 is 0.952 bits per heavy atom. The zero-order chi connectivity index (χ0) is 14.8. The molecule has 0 amide bonds. The van der Waals surface area contributed by atoms with Crippen molar-refractivity contribution in [1.82, 2.24) is 4.98 Å². The van der Waals surface area contributed by atoms with Crippen LogP contribution in [0.2, 0.25) is 0 Å².